The first kappa shape index (κ1) is 16.1. The van der Waals surface area contributed by atoms with Gasteiger partial charge < -0.3 is 4.57 Å². The molecule has 0 atom stereocenters. The summed E-state index contributed by atoms with van der Waals surface area (Å²) in [4.78, 5) is 4.34. The number of rotatable bonds is 2. The Morgan fingerprint density at radius 2 is 1.83 bits per heavy atom. The number of sulfone groups is 1. The molecule has 0 fully saturated rings. The Morgan fingerprint density at radius 1 is 1.13 bits per heavy atom. The average Bonchev–Trinajstić information content (AvgIpc) is 2.76. The van der Waals surface area contributed by atoms with E-state index in [1.165, 1.54) is 24.5 Å². The fourth-order valence-corrected chi connectivity index (χ4v) is 4.93. The molecule has 3 rings (SSSR count). The van der Waals surface area contributed by atoms with E-state index in [0.717, 1.165) is 0 Å². The molecule has 23 heavy (non-hydrogen) atoms. The highest BCUT2D eigenvalue weighted by Gasteiger charge is 2.26. The standard InChI is InChI=1S/C16H14BrFN2O2S/c1-9-5-15(17)19-7-13(9)23(21,22)14-8-20(3)12-6-11(18)4-10(2)16(12)14/h4-8H,1-3H3. The SMILES string of the molecule is Cc1cc(Br)ncc1S(=O)(=O)c1cn(C)c2cc(F)cc(C)c12. The maximum Gasteiger partial charge on any atom is 0.210 e. The molecule has 0 unspecified atom stereocenters. The summed E-state index contributed by atoms with van der Waals surface area (Å²) in [6, 6.07) is 4.34. The van der Waals surface area contributed by atoms with Crippen LogP contribution in [0.3, 0.4) is 0 Å². The molecule has 0 amide bonds. The highest BCUT2D eigenvalue weighted by molar-refractivity contribution is 9.10. The summed E-state index contributed by atoms with van der Waals surface area (Å²) >= 11 is 3.23. The van der Waals surface area contributed by atoms with Gasteiger partial charge in [-0.2, -0.15) is 0 Å². The molecule has 0 radical (unpaired) electrons. The van der Waals surface area contributed by atoms with Gasteiger partial charge in [-0.1, -0.05) is 0 Å². The van der Waals surface area contributed by atoms with Crippen LogP contribution in [0.4, 0.5) is 4.39 Å². The second-order valence-electron chi connectivity index (χ2n) is 5.50. The van der Waals surface area contributed by atoms with Crippen LogP contribution in [-0.4, -0.2) is 18.0 Å². The van der Waals surface area contributed by atoms with Crippen LogP contribution in [0.15, 0.2) is 45.0 Å². The average molecular weight is 397 g/mol. The van der Waals surface area contributed by atoms with Gasteiger partial charge in [0.05, 0.1) is 15.3 Å². The van der Waals surface area contributed by atoms with Crippen molar-refractivity contribution in [2.24, 2.45) is 7.05 Å². The predicted octanol–water partition coefficient (Wildman–Crippen LogP) is 3.92. The van der Waals surface area contributed by atoms with Gasteiger partial charge in [0, 0.05) is 24.8 Å². The summed E-state index contributed by atoms with van der Waals surface area (Å²) in [6.45, 7) is 3.42. The largest absolute Gasteiger partial charge is 0.349 e. The molecule has 1 aromatic carbocycles. The lowest BCUT2D eigenvalue weighted by Gasteiger charge is -2.08. The Labute approximate surface area is 142 Å². The fourth-order valence-electron chi connectivity index (χ4n) is 2.75. The van der Waals surface area contributed by atoms with Crippen molar-refractivity contribution in [1.29, 1.82) is 0 Å². The zero-order valence-corrected chi connectivity index (χ0v) is 15.2. The second-order valence-corrected chi connectivity index (χ2v) is 8.20. The van der Waals surface area contributed by atoms with Crippen molar-refractivity contribution in [2.45, 2.75) is 23.6 Å². The smallest absolute Gasteiger partial charge is 0.210 e. The molecule has 2 heterocycles. The van der Waals surface area contributed by atoms with Gasteiger partial charge in [0.15, 0.2) is 0 Å². The maximum absolute atomic E-state index is 13.6. The van der Waals surface area contributed by atoms with Gasteiger partial charge in [-0.05, 0) is 59.1 Å². The number of aryl methyl sites for hydroxylation is 3. The third-order valence-corrected chi connectivity index (χ3v) is 6.15. The van der Waals surface area contributed by atoms with Crippen molar-refractivity contribution >= 4 is 36.7 Å². The van der Waals surface area contributed by atoms with E-state index in [4.69, 9.17) is 0 Å². The summed E-state index contributed by atoms with van der Waals surface area (Å²) in [5.74, 6) is -0.387. The molecular weight excluding hydrogens is 383 g/mol. The zero-order valence-electron chi connectivity index (χ0n) is 12.8. The highest BCUT2D eigenvalue weighted by Crippen LogP contribution is 2.33. The van der Waals surface area contributed by atoms with E-state index in [-0.39, 0.29) is 15.6 Å². The first-order chi connectivity index (χ1) is 10.7. The Hall–Kier alpha value is -1.73. The van der Waals surface area contributed by atoms with Gasteiger partial charge in [-0.15, -0.1) is 0 Å². The van der Waals surface area contributed by atoms with E-state index >= 15 is 0 Å². The lowest BCUT2D eigenvalue weighted by atomic mass is 10.1. The topological polar surface area (TPSA) is 52.0 Å². The highest BCUT2D eigenvalue weighted by atomic mass is 79.9. The molecule has 4 nitrogen and oxygen atoms in total. The van der Waals surface area contributed by atoms with E-state index in [2.05, 4.69) is 20.9 Å². The number of fused-ring (bicyclic) bond motifs is 1. The van der Waals surface area contributed by atoms with Crippen molar-refractivity contribution in [3.63, 3.8) is 0 Å². The second kappa shape index (κ2) is 5.42. The number of benzene rings is 1. The molecule has 0 bridgehead atoms. The first-order valence-corrected chi connectivity index (χ1v) is 9.12. The van der Waals surface area contributed by atoms with Crippen LogP contribution in [-0.2, 0) is 16.9 Å². The summed E-state index contributed by atoms with van der Waals surface area (Å²) < 4.78 is 42.0. The third-order valence-electron chi connectivity index (χ3n) is 3.83. The van der Waals surface area contributed by atoms with Crippen LogP contribution in [0.1, 0.15) is 11.1 Å². The predicted molar refractivity (Wildman–Crippen MR) is 89.7 cm³/mol. The first-order valence-electron chi connectivity index (χ1n) is 6.84. The van der Waals surface area contributed by atoms with Crippen LogP contribution < -0.4 is 0 Å². The van der Waals surface area contributed by atoms with Gasteiger partial charge in [0.1, 0.15) is 10.4 Å². The summed E-state index contributed by atoms with van der Waals surface area (Å²) in [5, 5.41) is 0.538. The summed E-state index contributed by atoms with van der Waals surface area (Å²) in [7, 11) is -2.05. The van der Waals surface area contributed by atoms with Crippen LogP contribution in [0, 0.1) is 19.7 Å². The van der Waals surface area contributed by atoms with E-state index in [1.807, 2.05) is 0 Å². The Morgan fingerprint density at radius 3 is 2.48 bits per heavy atom. The fraction of sp³-hybridized carbons (Fsp3) is 0.188. The minimum Gasteiger partial charge on any atom is -0.349 e. The van der Waals surface area contributed by atoms with Gasteiger partial charge in [-0.3, -0.25) is 0 Å². The number of nitrogens with zero attached hydrogens (tertiary/aromatic N) is 2. The molecule has 3 aromatic rings. The maximum atomic E-state index is 13.6. The van der Waals surface area contributed by atoms with Crippen molar-refractivity contribution in [1.82, 2.24) is 9.55 Å². The Kier molecular flexibility index (Phi) is 3.80. The minimum atomic E-state index is -3.75. The van der Waals surface area contributed by atoms with Crippen molar-refractivity contribution < 1.29 is 12.8 Å². The molecule has 0 spiro atoms. The van der Waals surface area contributed by atoms with E-state index in [9.17, 15) is 12.8 Å². The number of pyridine rings is 1. The van der Waals surface area contributed by atoms with E-state index < -0.39 is 9.84 Å². The summed E-state index contributed by atoms with van der Waals surface area (Å²) in [5.41, 5.74) is 1.73. The summed E-state index contributed by atoms with van der Waals surface area (Å²) in [6.07, 6.45) is 2.86. The quantitative estimate of drug-likeness (QED) is 0.616. The van der Waals surface area contributed by atoms with Crippen molar-refractivity contribution in [3.8, 4) is 0 Å². The van der Waals surface area contributed by atoms with Gasteiger partial charge >= 0.3 is 0 Å². The molecule has 7 heteroatoms. The monoisotopic (exact) mass is 396 g/mol. The van der Waals surface area contributed by atoms with Crippen molar-refractivity contribution in [3.05, 3.63) is 52.1 Å². The lowest BCUT2D eigenvalue weighted by Crippen LogP contribution is -2.05. The molecule has 0 saturated carbocycles. The molecular formula is C16H14BrFN2O2S. The Bertz CT molecular complexity index is 1040. The van der Waals surface area contributed by atoms with Gasteiger partial charge in [0.25, 0.3) is 0 Å². The number of halogens is 2. The zero-order chi connectivity index (χ0) is 16.9. The van der Waals surface area contributed by atoms with Crippen LogP contribution in [0.25, 0.3) is 10.9 Å². The number of hydrogen-bond acceptors (Lipinski definition) is 3. The van der Waals surface area contributed by atoms with Crippen LogP contribution in [0.5, 0.6) is 0 Å². The van der Waals surface area contributed by atoms with Crippen LogP contribution >= 0.6 is 15.9 Å². The molecule has 120 valence electrons. The lowest BCUT2D eigenvalue weighted by molar-refractivity contribution is 0.595. The number of hydrogen-bond donors (Lipinski definition) is 0. The van der Waals surface area contributed by atoms with Crippen LogP contribution in [0.2, 0.25) is 0 Å². The molecule has 0 N–H and O–H groups in total. The normalized spacial score (nSPS) is 12.0. The van der Waals surface area contributed by atoms with E-state index in [0.29, 0.717) is 26.6 Å². The van der Waals surface area contributed by atoms with E-state index in [1.54, 1.807) is 31.5 Å². The van der Waals surface area contributed by atoms with Gasteiger partial charge in [0.2, 0.25) is 9.84 Å². The number of aromatic nitrogens is 2. The molecule has 2 aromatic heterocycles. The molecule has 0 aliphatic rings. The molecule has 0 aliphatic carbocycles. The Balaban J connectivity index is 2.36. The third kappa shape index (κ3) is 2.57. The molecule has 0 saturated heterocycles. The van der Waals surface area contributed by atoms with Gasteiger partial charge in [-0.25, -0.2) is 17.8 Å². The molecule has 0 aliphatic heterocycles. The van der Waals surface area contributed by atoms with Crippen molar-refractivity contribution in [2.75, 3.05) is 0 Å². The minimum absolute atomic E-state index is 0.150.